The molecule has 1 heterocycles. The monoisotopic (exact) mass is 265 g/mol. The van der Waals surface area contributed by atoms with E-state index in [4.69, 9.17) is 10.5 Å². The molecule has 0 aliphatic carbocycles. The van der Waals surface area contributed by atoms with Gasteiger partial charge in [-0.15, -0.1) is 0 Å². The summed E-state index contributed by atoms with van der Waals surface area (Å²) in [6.45, 7) is 0. The Morgan fingerprint density at radius 2 is 1.80 bits per heavy atom. The van der Waals surface area contributed by atoms with Crippen molar-refractivity contribution in [2.75, 3.05) is 18.2 Å². The molecule has 4 nitrogen and oxygen atoms in total. The van der Waals surface area contributed by atoms with Crippen LogP contribution in [0.1, 0.15) is 0 Å². The van der Waals surface area contributed by atoms with Crippen LogP contribution >= 0.6 is 0 Å². The number of anilines is 3. The SMILES string of the molecule is COc1nc(Nc2cccc3ccccc23)ccc1N. The molecule has 0 bridgehead atoms. The Morgan fingerprint density at radius 3 is 2.65 bits per heavy atom. The van der Waals surface area contributed by atoms with Crippen molar-refractivity contribution in [2.24, 2.45) is 0 Å². The van der Waals surface area contributed by atoms with E-state index in [1.165, 1.54) is 5.39 Å². The number of nitrogens with two attached hydrogens (primary N) is 1. The van der Waals surface area contributed by atoms with E-state index < -0.39 is 0 Å². The predicted octanol–water partition coefficient (Wildman–Crippen LogP) is 3.57. The van der Waals surface area contributed by atoms with Crippen molar-refractivity contribution in [3.8, 4) is 5.88 Å². The third-order valence-corrected chi connectivity index (χ3v) is 3.14. The van der Waals surface area contributed by atoms with Gasteiger partial charge in [-0.2, -0.15) is 4.98 Å². The Labute approximate surface area is 117 Å². The van der Waals surface area contributed by atoms with E-state index in [2.05, 4.69) is 28.5 Å². The minimum atomic E-state index is 0.426. The average Bonchev–Trinajstić information content (AvgIpc) is 2.49. The van der Waals surface area contributed by atoms with E-state index >= 15 is 0 Å². The van der Waals surface area contributed by atoms with Crippen LogP contribution in [0.3, 0.4) is 0 Å². The van der Waals surface area contributed by atoms with Gasteiger partial charge in [0.1, 0.15) is 5.82 Å². The van der Waals surface area contributed by atoms with E-state index in [0.717, 1.165) is 11.1 Å². The van der Waals surface area contributed by atoms with Gasteiger partial charge >= 0.3 is 0 Å². The lowest BCUT2D eigenvalue weighted by Crippen LogP contribution is -1.99. The highest BCUT2D eigenvalue weighted by Crippen LogP contribution is 2.27. The summed E-state index contributed by atoms with van der Waals surface area (Å²) in [4.78, 5) is 4.33. The van der Waals surface area contributed by atoms with Crippen LogP contribution in [-0.4, -0.2) is 12.1 Å². The Kier molecular flexibility index (Phi) is 3.13. The maximum Gasteiger partial charge on any atom is 0.238 e. The minimum absolute atomic E-state index is 0.426. The molecule has 0 amide bonds. The summed E-state index contributed by atoms with van der Waals surface area (Å²) in [7, 11) is 1.56. The van der Waals surface area contributed by atoms with Crippen molar-refractivity contribution in [2.45, 2.75) is 0 Å². The first kappa shape index (κ1) is 12.3. The first-order chi connectivity index (χ1) is 9.78. The molecule has 0 fully saturated rings. The standard InChI is InChI=1S/C16H15N3O/c1-20-16-13(17)9-10-15(19-16)18-14-8-4-6-11-5-2-3-7-12(11)14/h2-10H,17H2,1H3,(H,18,19). The molecule has 3 N–H and O–H groups in total. The maximum absolute atomic E-state index is 5.77. The van der Waals surface area contributed by atoms with Crippen molar-refractivity contribution in [3.63, 3.8) is 0 Å². The quantitative estimate of drug-likeness (QED) is 0.760. The molecule has 0 radical (unpaired) electrons. The number of pyridine rings is 1. The Balaban J connectivity index is 2.01. The summed E-state index contributed by atoms with van der Waals surface area (Å²) in [6.07, 6.45) is 0. The van der Waals surface area contributed by atoms with Crippen LogP contribution in [0.25, 0.3) is 10.8 Å². The van der Waals surface area contributed by atoms with Gasteiger partial charge in [-0.3, -0.25) is 0 Å². The van der Waals surface area contributed by atoms with Gasteiger partial charge in [-0.1, -0.05) is 36.4 Å². The van der Waals surface area contributed by atoms with Crippen molar-refractivity contribution in [3.05, 3.63) is 54.6 Å². The topological polar surface area (TPSA) is 60.2 Å². The third kappa shape index (κ3) is 2.23. The Hall–Kier alpha value is -2.75. The number of aromatic nitrogens is 1. The molecule has 0 aliphatic rings. The minimum Gasteiger partial charge on any atom is -0.479 e. The Morgan fingerprint density at radius 1 is 1.00 bits per heavy atom. The van der Waals surface area contributed by atoms with Gasteiger partial charge in [-0.25, -0.2) is 0 Å². The molecule has 3 aromatic rings. The van der Waals surface area contributed by atoms with Gasteiger partial charge in [0, 0.05) is 11.1 Å². The number of ether oxygens (including phenoxy) is 1. The number of rotatable bonds is 3. The predicted molar refractivity (Wildman–Crippen MR) is 82.4 cm³/mol. The summed E-state index contributed by atoms with van der Waals surface area (Å²) in [5, 5.41) is 5.63. The molecule has 0 saturated carbocycles. The lowest BCUT2D eigenvalue weighted by Gasteiger charge is -2.11. The zero-order valence-corrected chi connectivity index (χ0v) is 11.1. The molecule has 0 saturated heterocycles. The summed E-state index contributed by atoms with van der Waals surface area (Å²) >= 11 is 0. The van der Waals surface area contributed by atoms with Crippen molar-refractivity contribution < 1.29 is 4.74 Å². The van der Waals surface area contributed by atoms with E-state index in [1.54, 1.807) is 13.2 Å². The van der Waals surface area contributed by atoms with Crippen LogP contribution in [0, 0.1) is 0 Å². The average molecular weight is 265 g/mol. The molecule has 20 heavy (non-hydrogen) atoms. The van der Waals surface area contributed by atoms with Gasteiger partial charge in [0.05, 0.1) is 12.8 Å². The molecular formula is C16H15N3O. The van der Waals surface area contributed by atoms with Crippen molar-refractivity contribution in [1.82, 2.24) is 4.98 Å². The molecule has 100 valence electrons. The fourth-order valence-electron chi connectivity index (χ4n) is 2.16. The molecule has 0 spiro atoms. The van der Waals surface area contributed by atoms with E-state index in [9.17, 15) is 0 Å². The largest absolute Gasteiger partial charge is 0.479 e. The number of hydrogen-bond acceptors (Lipinski definition) is 4. The van der Waals surface area contributed by atoms with E-state index in [-0.39, 0.29) is 0 Å². The first-order valence-corrected chi connectivity index (χ1v) is 6.33. The second kappa shape index (κ2) is 5.09. The van der Waals surface area contributed by atoms with Crippen molar-refractivity contribution >= 4 is 28.0 Å². The molecule has 0 aliphatic heterocycles. The Bertz CT molecular complexity index is 750. The van der Waals surface area contributed by atoms with E-state index in [0.29, 0.717) is 17.4 Å². The fourth-order valence-corrected chi connectivity index (χ4v) is 2.16. The normalized spacial score (nSPS) is 10.4. The van der Waals surface area contributed by atoms with Crippen LogP contribution in [0.5, 0.6) is 5.88 Å². The first-order valence-electron chi connectivity index (χ1n) is 6.33. The zero-order valence-electron chi connectivity index (χ0n) is 11.1. The van der Waals surface area contributed by atoms with Crippen LogP contribution in [-0.2, 0) is 0 Å². The number of nitrogens with one attached hydrogen (secondary N) is 1. The molecule has 2 aromatic carbocycles. The van der Waals surface area contributed by atoms with Crippen molar-refractivity contribution in [1.29, 1.82) is 0 Å². The summed E-state index contributed by atoms with van der Waals surface area (Å²) in [6, 6.07) is 17.9. The molecule has 0 unspecified atom stereocenters. The van der Waals surface area contributed by atoms with Crippen LogP contribution in [0.15, 0.2) is 54.6 Å². The second-order valence-electron chi connectivity index (χ2n) is 4.45. The fraction of sp³-hybridized carbons (Fsp3) is 0.0625. The van der Waals surface area contributed by atoms with Gasteiger partial charge in [-0.05, 0) is 23.6 Å². The smallest absolute Gasteiger partial charge is 0.238 e. The summed E-state index contributed by atoms with van der Waals surface area (Å²) in [5.74, 6) is 1.13. The highest BCUT2D eigenvalue weighted by atomic mass is 16.5. The maximum atomic E-state index is 5.77. The molecular weight excluding hydrogens is 250 g/mol. The third-order valence-electron chi connectivity index (χ3n) is 3.14. The highest BCUT2D eigenvalue weighted by Gasteiger charge is 2.05. The van der Waals surface area contributed by atoms with Crippen LogP contribution in [0.2, 0.25) is 0 Å². The number of benzene rings is 2. The number of nitrogen functional groups attached to an aromatic ring is 1. The van der Waals surface area contributed by atoms with Gasteiger partial charge in [0.15, 0.2) is 0 Å². The molecule has 0 atom stereocenters. The highest BCUT2D eigenvalue weighted by molar-refractivity contribution is 5.95. The summed E-state index contributed by atoms with van der Waals surface area (Å²) < 4.78 is 5.13. The van der Waals surface area contributed by atoms with Gasteiger partial charge in [0.25, 0.3) is 0 Å². The summed E-state index contributed by atoms with van der Waals surface area (Å²) in [5.41, 5.74) is 7.29. The molecule has 4 heteroatoms. The molecule has 1 aromatic heterocycles. The van der Waals surface area contributed by atoms with Gasteiger partial charge in [0.2, 0.25) is 5.88 Å². The lowest BCUT2D eigenvalue weighted by atomic mass is 10.1. The zero-order chi connectivity index (χ0) is 13.9. The van der Waals surface area contributed by atoms with Crippen LogP contribution < -0.4 is 15.8 Å². The number of nitrogens with zero attached hydrogens (tertiary/aromatic N) is 1. The molecule has 3 rings (SSSR count). The number of methoxy groups -OCH3 is 1. The van der Waals surface area contributed by atoms with Crippen LogP contribution in [0.4, 0.5) is 17.2 Å². The van der Waals surface area contributed by atoms with Gasteiger partial charge < -0.3 is 15.8 Å². The lowest BCUT2D eigenvalue weighted by molar-refractivity contribution is 0.401. The van der Waals surface area contributed by atoms with E-state index in [1.807, 2.05) is 30.3 Å². The number of hydrogen-bond donors (Lipinski definition) is 2. The number of fused-ring (bicyclic) bond motifs is 1. The second-order valence-corrected chi connectivity index (χ2v) is 4.45.